The Bertz CT molecular complexity index is 3780. The lowest BCUT2D eigenvalue weighted by Gasteiger charge is -2.33. The first kappa shape index (κ1) is 39.8. The van der Waals surface area contributed by atoms with Gasteiger partial charge in [0, 0.05) is 36.9 Å². The van der Waals surface area contributed by atoms with Gasteiger partial charge in [0.1, 0.15) is 0 Å². The molecule has 0 N–H and O–H groups in total. The number of nitrogens with zero attached hydrogens (tertiary/aromatic N) is 3. The largest absolute Gasteiger partial charge is 0.208 e. The Labute approximate surface area is 399 Å². The second-order valence-corrected chi connectivity index (χ2v) is 18.5. The molecule has 0 spiro atoms. The van der Waals surface area contributed by atoms with E-state index in [-0.39, 0.29) is 0 Å². The molecule has 318 valence electrons. The van der Waals surface area contributed by atoms with Gasteiger partial charge in [-0.05, 0) is 85.0 Å². The van der Waals surface area contributed by atoms with Crippen molar-refractivity contribution in [2.24, 2.45) is 0 Å². The summed E-state index contributed by atoms with van der Waals surface area (Å²) in [4.78, 5) is 15.8. The summed E-state index contributed by atoms with van der Waals surface area (Å²) in [5.74, 6) is 1.87. The highest BCUT2D eigenvalue weighted by molar-refractivity contribution is 7.26. The maximum atomic E-state index is 5.28. The SMILES string of the molecule is c1ccc(-c2cccc(-c3nc(-c4ccc(-c5ccc(-c6cccc7c6sc6ccccc67)cc5)cc4)nc(-c4ccc5c(c4)-c4ccccc4C5(c4ccccc4)c4ccccc4)n3)c2)cc1. The standard InChI is InChI=1S/C64H41N3S/c1-4-16-42(17-5-1)47-18-14-19-48(40-47)62-65-61(46-36-32-44(33-37-46)43-30-34-45(35-31-43)52-26-15-27-55-54-25-11-13-29-59(54)68-60(52)55)66-63(67-62)49-38-39-58-56(41-49)53-24-10-12-28-57(53)64(58,50-20-6-2-7-21-50)51-22-8-3-9-23-51/h1-41H. The van der Waals surface area contributed by atoms with Crippen LogP contribution in [0.5, 0.6) is 0 Å². The molecule has 0 fully saturated rings. The van der Waals surface area contributed by atoms with Crippen LogP contribution in [0.15, 0.2) is 249 Å². The van der Waals surface area contributed by atoms with E-state index in [1.807, 2.05) is 17.4 Å². The normalized spacial score (nSPS) is 12.5. The van der Waals surface area contributed by atoms with Gasteiger partial charge in [0.15, 0.2) is 17.5 Å². The van der Waals surface area contributed by atoms with Crippen LogP contribution in [0, 0.1) is 0 Å². The molecule has 10 aromatic carbocycles. The number of aromatic nitrogens is 3. The fourth-order valence-corrected chi connectivity index (χ4v) is 11.7. The molecule has 2 heterocycles. The molecule has 0 amide bonds. The third-order valence-corrected chi connectivity index (χ3v) is 14.9. The summed E-state index contributed by atoms with van der Waals surface area (Å²) in [5.41, 5.74) is 16.7. The highest BCUT2D eigenvalue weighted by atomic mass is 32.1. The maximum Gasteiger partial charge on any atom is 0.164 e. The summed E-state index contributed by atoms with van der Waals surface area (Å²) < 4.78 is 2.64. The monoisotopic (exact) mass is 883 g/mol. The lowest BCUT2D eigenvalue weighted by molar-refractivity contribution is 0.768. The molecular weight excluding hydrogens is 843 g/mol. The summed E-state index contributed by atoms with van der Waals surface area (Å²) in [6.45, 7) is 0. The minimum Gasteiger partial charge on any atom is -0.208 e. The first-order chi connectivity index (χ1) is 33.7. The summed E-state index contributed by atoms with van der Waals surface area (Å²) in [6.07, 6.45) is 0. The van der Waals surface area contributed by atoms with E-state index < -0.39 is 5.41 Å². The third-order valence-electron chi connectivity index (χ3n) is 13.7. The molecule has 0 saturated carbocycles. The Kier molecular flexibility index (Phi) is 9.59. The van der Waals surface area contributed by atoms with Crippen molar-refractivity contribution in [1.29, 1.82) is 0 Å². The third kappa shape index (κ3) is 6.60. The van der Waals surface area contributed by atoms with Gasteiger partial charge in [-0.1, -0.05) is 231 Å². The van der Waals surface area contributed by atoms with Gasteiger partial charge in [0.05, 0.1) is 5.41 Å². The van der Waals surface area contributed by atoms with Crippen molar-refractivity contribution in [2.45, 2.75) is 5.41 Å². The number of hydrogen-bond donors (Lipinski definition) is 0. The van der Waals surface area contributed by atoms with Crippen LogP contribution in [0.2, 0.25) is 0 Å². The van der Waals surface area contributed by atoms with Crippen molar-refractivity contribution < 1.29 is 0 Å². The maximum absolute atomic E-state index is 5.28. The van der Waals surface area contributed by atoms with Gasteiger partial charge < -0.3 is 0 Å². The van der Waals surface area contributed by atoms with E-state index in [1.165, 1.54) is 64.7 Å². The Morgan fingerprint density at radius 3 is 1.44 bits per heavy atom. The minimum atomic E-state index is -0.491. The lowest BCUT2D eigenvalue weighted by atomic mass is 9.67. The molecule has 2 aromatic heterocycles. The van der Waals surface area contributed by atoms with Crippen LogP contribution in [0.25, 0.3) is 98.8 Å². The van der Waals surface area contributed by atoms with Crippen molar-refractivity contribution in [1.82, 2.24) is 15.0 Å². The van der Waals surface area contributed by atoms with Crippen LogP contribution in [0.1, 0.15) is 22.3 Å². The highest BCUT2D eigenvalue weighted by Crippen LogP contribution is 2.56. The fraction of sp³-hybridized carbons (Fsp3) is 0.0156. The zero-order valence-electron chi connectivity index (χ0n) is 36.9. The molecule has 0 saturated heterocycles. The molecule has 0 atom stereocenters. The molecule has 1 aliphatic rings. The van der Waals surface area contributed by atoms with Gasteiger partial charge in [0.25, 0.3) is 0 Å². The molecular formula is C64H41N3S. The molecule has 1 aliphatic carbocycles. The average Bonchev–Trinajstić information content (AvgIpc) is 3.96. The zero-order chi connectivity index (χ0) is 45.0. The van der Waals surface area contributed by atoms with Crippen LogP contribution in [0.3, 0.4) is 0 Å². The predicted molar refractivity (Wildman–Crippen MR) is 283 cm³/mol. The second-order valence-electron chi connectivity index (χ2n) is 17.5. The molecule has 68 heavy (non-hydrogen) atoms. The Morgan fingerprint density at radius 1 is 0.279 bits per heavy atom. The van der Waals surface area contributed by atoms with E-state index >= 15 is 0 Å². The van der Waals surface area contributed by atoms with E-state index in [1.54, 1.807) is 0 Å². The van der Waals surface area contributed by atoms with E-state index in [0.717, 1.165) is 38.9 Å². The second kappa shape index (κ2) is 16.4. The van der Waals surface area contributed by atoms with Gasteiger partial charge in [-0.15, -0.1) is 11.3 Å². The van der Waals surface area contributed by atoms with Crippen LogP contribution < -0.4 is 0 Å². The van der Waals surface area contributed by atoms with E-state index in [2.05, 4.69) is 243 Å². The fourth-order valence-electron chi connectivity index (χ4n) is 10.4. The quantitative estimate of drug-likeness (QED) is 0.153. The molecule has 12 aromatic rings. The summed E-state index contributed by atoms with van der Waals surface area (Å²) >= 11 is 1.87. The van der Waals surface area contributed by atoms with Crippen molar-refractivity contribution >= 4 is 31.5 Å². The van der Waals surface area contributed by atoms with E-state index in [0.29, 0.717) is 17.5 Å². The van der Waals surface area contributed by atoms with Gasteiger partial charge in [-0.3, -0.25) is 0 Å². The number of benzene rings is 10. The number of rotatable bonds is 8. The molecule has 0 unspecified atom stereocenters. The average molecular weight is 884 g/mol. The van der Waals surface area contributed by atoms with Gasteiger partial charge in [-0.2, -0.15) is 0 Å². The van der Waals surface area contributed by atoms with Crippen molar-refractivity contribution in [2.75, 3.05) is 0 Å². The van der Waals surface area contributed by atoms with E-state index in [4.69, 9.17) is 15.0 Å². The molecule has 13 rings (SSSR count). The van der Waals surface area contributed by atoms with Gasteiger partial charge in [-0.25, -0.2) is 15.0 Å². The molecule has 0 radical (unpaired) electrons. The zero-order valence-corrected chi connectivity index (χ0v) is 37.7. The number of thiophene rings is 1. The highest BCUT2D eigenvalue weighted by Gasteiger charge is 2.46. The summed E-state index contributed by atoms with van der Waals surface area (Å²) in [5, 5.41) is 2.63. The lowest BCUT2D eigenvalue weighted by Crippen LogP contribution is -2.28. The molecule has 0 aliphatic heterocycles. The van der Waals surface area contributed by atoms with Crippen LogP contribution >= 0.6 is 11.3 Å². The smallest absolute Gasteiger partial charge is 0.164 e. The van der Waals surface area contributed by atoms with Crippen LogP contribution in [-0.4, -0.2) is 15.0 Å². The van der Waals surface area contributed by atoms with Crippen molar-refractivity contribution in [3.05, 3.63) is 271 Å². The molecule has 4 heteroatoms. The Morgan fingerprint density at radius 2 is 0.735 bits per heavy atom. The topological polar surface area (TPSA) is 38.7 Å². The van der Waals surface area contributed by atoms with Gasteiger partial charge >= 0.3 is 0 Å². The van der Waals surface area contributed by atoms with Crippen molar-refractivity contribution in [3.8, 4) is 78.7 Å². The number of hydrogen-bond acceptors (Lipinski definition) is 4. The predicted octanol–water partition coefficient (Wildman–Crippen LogP) is 16.6. The van der Waals surface area contributed by atoms with Crippen LogP contribution in [0.4, 0.5) is 0 Å². The summed E-state index contributed by atoms with van der Waals surface area (Å²) in [7, 11) is 0. The Hall–Kier alpha value is -8.57. The van der Waals surface area contributed by atoms with Crippen molar-refractivity contribution in [3.63, 3.8) is 0 Å². The molecule has 3 nitrogen and oxygen atoms in total. The Balaban J connectivity index is 0.911. The molecule has 0 bridgehead atoms. The van der Waals surface area contributed by atoms with E-state index in [9.17, 15) is 0 Å². The first-order valence-electron chi connectivity index (χ1n) is 23.1. The summed E-state index contributed by atoms with van der Waals surface area (Å²) in [6, 6.07) is 89.3. The first-order valence-corrected chi connectivity index (χ1v) is 23.9. The minimum absolute atomic E-state index is 0.491. The number of fused-ring (bicyclic) bond motifs is 6. The van der Waals surface area contributed by atoms with Crippen LogP contribution in [-0.2, 0) is 5.41 Å². The van der Waals surface area contributed by atoms with Gasteiger partial charge in [0.2, 0.25) is 0 Å².